The molecule has 0 spiro atoms. The average Bonchev–Trinajstić information content (AvgIpc) is 2.91. The smallest absolute Gasteiger partial charge is 0.153 e. The predicted molar refractivity (Wildman–Crippen MR) is 84.9 cm³/mol. The average molecular weight is 298 g/mol. The Bertz CT molecular complexity index is 811. The fourth-order valence-electron chi connectivity index (χ4n) is 2.21. The molecule has 0 aliphatic carbocycles. The van der Waals surface area contributed by atoms with Crippen molar-refractivity contribution >= 4 is 33.5 Å². The molecule has 2 aromatic heterocycles. The van der Waals surface area contributed by atoms with Crippen LogP contribution in [-0.4, -0.2) is 11.3 Å². The molecule has 3 rings (SSSR count). The molecule has 1 aromatic carbocycles. The Morgan fingerprint density at radius 1 is 1.43 bits per heavy atom. The van der Waals surface area contributed by atoms with Gasteiger partial charge in [0.1, 0.15) is 18.2 Å². The number of nitrogens with two attached hydrogens (primary N) is 1. The van der Waals surface area contributed by atoms with E-state index in [-0.39, 0.29) is 0 Å². The summed E-state index contributed by atoms with van der Waals surface area (Å²) in [4.78, 5) is 15.1. The van der Waals surface area contributed by atoms with Gasteiger partial charge in [0.25, 0.3) is 0 Å². The highest BCUT2D eigenvalue weighted by Crippen LogP contribution is 2.32. The Balaban J connectivity index is 1.93. The van der Waals surface area contributed by atoms with Crippen molar-refractivity contribution < 1.29 is 9.53 Å². The first-order chi connectivity index (χ1) is 10.2. The van der Waals surface area contributed by atoms with Crippen molar-refractivity contribution in [3.63, 3.8) is 0 Å². The van der Waals surface area contributed by atoms with Crippen molar-refractivity contribution in [1.29, 1.82) is 0 Å². The Hall–Kier alpha value is -2.40. The number of hydrogen-bond acceptors (Lipinski definition) is 5. The van der Waals surface area contributed by atoms with Crippen molar-refractivity contribution in [2.75, 3.05) is 5.73 Å². The van der Waals surface area contributed by atoms with Crippen molar-refractivity contribution in [1.82, 2.24) is 4.98 Å². The van der Waals surface area contributed by atoms with E-state index in [2.05, 4.69) is 4.98 Å². The summed E-state index contributed by atoms with van der Waals surface area (Å²) in [5, 5.41) is 2.78. The maximum Gasteiger partial charge on any atom is 0.153 e. The maximum atomic E-state index is 11.1. The van der Waals surface area contributed by atoms with E-state index in [0.29, 0.717) is 18.0 Å². The zero-order chi connectivity index (χ0) is 14.8. The standard InChI is InChI=1S/C16H14N2O2S/c1-10-3-2-4-13(5-10)20-8-12-9-21-15-11(7-19)6-18-16(17)14(12)15/h2-7,9H,8H2,1H3,(H2,17,18). The minimum atomic E-state index is 0.400. The Kier molecular flexibility index (Phi) is 3.58. The van der Waals surface area contributed by atoms with Gasteiger partial charge in [-0.15, -0.1) is 11.3 Å². The Labute approximate surface area is 126 Å². The summed E-state index contributed by atoms with van der Waals surface area (Å²) in [6.45, 7) is 2.42. The number of nitrogens with zero attached hydrogens (tertiary/aromatic N) is 1. The summed E-state index contributed by atoms with van der Waals surface area (Å²) in [5.74, 6) is 1.24. The summed E-state index contributed by atoms with van der Waals surface area (Å²) < 4.78 is 6.66. The van der Waals surface area contributed by atoms with Gasteiger partial charge in [-0.1, -0.05) is 12.1 Å². The second-order valence-corrected chi connectivity index (χ2v) is 5.67. The van der Waals surface area contributed by atoms with Crippen LogP contribution in [0.3, 0.4) is 0 Å². The van der Waals surface area contributed by atoms with Crippen LogP contribution in [0.5, 0.6) is 5.75 Å². The summed E-state index contributed by atoms with van der Waals surface area (Å²) in [5.41, 5.74) is 8.60. The number of nitrogen functional groups attached to an aromatic ring is 1. The Morgan fingerprint density at radius 2 is 2.29 bits per heavy atom. The molecular weight excluding hydrogens is 284 g/mol. The molecule has 106 valence electrons. The minimum absolute atomic E-state index is 0.400. The van der Waals surface area contributed by atoms with Gasteiger partial charge in [-0.3, -0.25) is 4.79 Å². The molecule has 0 saturated heterocycles. The molecule has 0 bridgehead atoms. The second kappa shape index (κ2) is 5.54. The molecule has 3 aromatic rings. The highest BCUT2D eigenvalue weighted by atomic mass is 32.1. The second-order valence-electron chi connectivity index (χ2n) is 4.79. The molecule has 5 heteroatoms. The van der Waals surface area contributed by atoms with Crippen molar-refractivity contribution in [3.8, 4) is 5.75 Å². The number of rotatable bonds is 4. The van der Waals surface area contributed by atoms with E-state index in [4.69, 9.17) is 10.5 Å². The van der Waals surface area contributed by atoms with Crippen LogP contribution in [-0.2, 0) is 6.61 Å². The molecule has 4 nitrogen and oxygen atoms in total. The molecule has 2 N–H and O–H groups in total. The van der Waals surface area contributed by atoms with E-state index in [9.17, 15) is 4.79 Å². The first kappa shape index (κ1) is 13.6. The van der Waals surface area contributed by atoms with E-state index in [1.807, 2.05) is 36.6 Å². The summed E-state index contributed by atoms with van der Waals surface area (Å²) >= 11 is 1.49. The lowest BCUT2D eigenvalue weighted by Gasteiger charge is -2.07. The van der Waals surface area contributed by atoms with Crippen LogP contribution in [0.2, 0.25) is 0 Å². The van der Waals surface area contributed by atoms with E-state index in [0.717, 1.165) is 33.2 Å². The molecule has 0 atom stereocenters. The monoisotopic (exact) mass is 298 g/mol. The van der Waals surface area contributed by atoms with Gasteiger partial charge in [0.05, 0.1) is 10.3 Å². The van der Waals surface area contributed by atoms with Crippen molar-refractivity contribution in [2.45, 2.75) is 13.5 Å². The highest BCUT2D eigenvalue weighted by Gasteiger charge is 2.12. The molecule has 0 amide bonds. The number of fused-ring (bicyclic) bond motifs is 1. The van der Waals surface area contributed by atoms with Gasteiger partial charge in [-0.2, -0.15) is 0 Å². The van der Waals surface area contributed by atoms with Gasteiger partial charge in [-0.25, -0.2) is 4.98 Å². The summed E-state index contributed by atoms with van der Waals surface area (Å²) in [6.07, 6.45) is 2.31. The summed E-state index contributed by atoms with van der Waals surface area (Å²) in [7, 11) is 0. The number of aromatic nitrogens is 1. The lowest BCUT2D eigenvalue weighted by Crippen LogP contribution is -1.98. The van der Waals surface area contributed by atoms with E-state index < -0.39 is 0 Å². The normalized spacial score (nSPS) is 10.7. The first-order valence-corrected chi connectivity index (χ1v) is 7.36. The molecule has 2 heterocycles. The molecule has 0 aliphatic rings. The lowest BCUT2D eigenvalue weighted by molar-refractivity contribution is 0.112. The van der Waals surface area contributed by atoms with Crippen molar-refractivity contribution in [2.24, 2.45) is 0 Å². The summed E-state index contributed by atoms with van der Waals surface area (Å²) in [6, 6.07) is 7.87. The van der Waals surface area contributed by atoms with Crippen LogP contribution in [0.1, 0.15) is 21.5 Å². The van der Waals surface area contributed by atoms with Gasteiger partial charge in [-0.05, 0) is 30.0 Å². The van der Waals surface area contributed by atoms with Crippen LogP contribution >= 0.6 is 11.3 Å². The van der Waals surface area contributed by atoms with Crippen LogP contribution < -0.4 is 10.5 Å². The number of carbonyl (C=O) groups excluding carboxylic acids is 1. The van der Waals surface area contributed by atoms with Gasteiger partial charge in [0.2, 0.25) is 0 Å². The van der Waals surface area contributed by atoms with E-state index >= 15 is 0 Å². The molecule has 0 unspecified atom stereocenters. The van der Waals surface area contributed by atoms with Crippen LogP contribution in [0.25, 0.3) is 10.1 Å². The number of aldehydes is 1. The number of hydrogen-bond donors (Lipinski definition) is 1. The topological polar surface area (TPSA) is 65.2 Å². The largest absolute Gasteiger partial charge is 0.489 e. The first-order valence-electron chi connectivity index (χ1n) is 6.48. The highest BCUT2D eigenvalue weighted by molar-refractivity contribution is 7.17. The van der Waals surface area contributed by atoms with Crippen LogP contribution in [0.4, 0.5) is 5.82 Å². The number of anilines is 1. The predicted octanol–water partition coefficient (Wildman–Crippen LogP) is 3.58. The third kappa shape index (κ3) is 2.60. The van der Waals surface area contributed by atoms with E-state index in [1.165, 1.54) is 17.5 Å². The zero-order valence-electron chi connectivity index (χ0n) is 11.5. The zero-order valence-corrected chi connectivity index (χ0v) is 12.3. The van der Waals surface area contributed by atoms with Gasteiger partial charge >= 0.3 is 0 Å². The number of pyridine rings is 1. The number of thiophene rings is 1. The number of aryl methyl sites for hydroxylation is 1. The fourth-order valence-corrected chi connectivity index (χ4v) is 3.24. The number of carbonyl (C=O) groups is 1. The minimum Gasteiger partial charge on any atom is -0.489 e. The van der Waals surface area contributed by atoms with Gasteiger partial charge in [0.15, 0.2) is 6.29 Å². The van der Waals surface area contributed by atoms with Crippen LogP contribution in [0, 0.1) is 6.92 Å². The third-order valence-electron chi connectivity index (χ3n) is 3.24. The number of benzene rings is 1. The van der Waals surface area contributed by atoms with Crippen LogP contribution in [0.15, 0.2) is 35.8 Å². The van der Waals surface area contributed by atoms with E-state index in [1.54, 1.807) is 0 Å². The van der Waals surface area contributed by atoms with Gasteiger partial charge in [0, 0.05) is 17.1 Å². The molecular formula is C16H14N2O2S. The molecule has 0 aliphatic heterocycles. The SMILES string of the molecule is Cc1cccc(OCc2csc3c(C=O)cnc(N)c23)c1. The quantitative estimate of drug-likeness (QED) is 0.748. The molecule has 0 saturated carbocycles. The van der Waals surface area contributed by atoms with Crippen molar-refractivity contribution in [3.05, 3.63) is 52.5 Å². The molecule has 0 fully saturated rings. The fraction of sp³-hybridized carbons (Fsp3) is 0.125. The Morgan fingerprint density at radius 3 is 3.05 bits per heavy atom. The third-order valence-corrected chi connectivity index (χ3v) is 4.32. The van der Waals surface area contributed by atoms with Gasteiger partial charge < -0.3 is 10.5 Å². The molecule has 0 radical (unpaired) electrons. The number of ether oxygens (including phenoxy) is 1. The maximum absolute atomic E-state index is 11.1. The molecule has 21 heavy (non-hydrogen) atoms. The lowest BCUT2D eigenvalue weighted by atomic mass is 10.1.